The number of nitrogens with zero attached hydrogens (tertiary/aromatic N) is 3. The lowest BCUT2D eigenvalue weighted by molar-refractivity contribution is 0.784. The molecular formula is C15H12Cl3N3O. The maximum absolute atomic E-state index is 12.1. The molecule has 0 fully saturated rings. The largest absolute Gasteiger partial charge is 0.309 e. The second-order valence-electron chi connectivity index (χ2n) is 5.02. The van der Waals surface area contributed by atoms with E-state index in [2.05, 4.69) is 4.98 Å². The van der Waals surface area contributed by atoms with E-state index in [0.717, 1.165) is 17.0 Å². The molecule has 0 unspecified atom stereocenters. The lowest BCUT2D eigenvalue weighted by Crippen LogP contribution is -2.15. The number of halogens is 3. The topological polar surface area (TPSA) is 39.3 Å². The number of hydrogen-bond acceptors (Lipinski definition) is 2. The highest BCUT2D eigenvalue weighted by Gasteiger charge is 2.16. The van der Waals surface area contributed by atoms with Gasteiger partial charge in [-0.3, -0.25) is 4.79 Å². The van der Waals surface area contributed by atoms with Crippen molar-refractivity contribution in [2.45, 2.75) is 20.4 Å². The van der Waals surface area contributed by atoms with E-state index in [1.807, 2.05) is 30.5 Å². The van der Waals surface area contributed by atoms with Gasteiger partial charge in [0.2, 0.25) is 5.78 Å². The van der Waals surface area contributed by atoms with E-state index < -0.39 is 0 Å². The molecule has 0 saturated carbocycles. The van der Waals surface area contributed by atoms with E-state index >= 15 is 0 Å². The third kappa shape index (κ3) is 2.41. The molecule has 2 heterocycles. The summed E-state index contributed by atoms with van der Waals surface area (Å²) in [6.07, 6.45) is 0. The minimum Gasteiger partial charge on any atom is -0.309 e. The summed E-state index contributed by atoms with van der Waals surface area (Å²) in [6, 6.07) is 6.77. The zero-order valence-electron chi connectivity index (χ0n) is 11.9. The van der Waals surface area contributed by atoms with E-state index in [9.17, 15) is 4.79 Å². The molecule has 4 nitrogen and oxygen atoms in total. The van der Waals surface area contributed by atoms with Gasteiger partial charge >= 0.3 is 0 Å². The van der Waals surface area contributed by atoms with Crippen LogP contribution in [0, 0.1) is 13.8 Å². The van der Waals surface area contributed by atoms with Gasteiger partial charge in [0.05, 0.1) is 16.6 Å². The molecule has 0 aliphatic rings. The first-order chi connectivity index (χ1) is 10.4. The third-order valence-electron chi connectivity index (χ3n) is 3.74. The number of benzene rings is 1. The summed E-state index contributed by atoms with van der Waals surface area (Å²) in [5.41, 5.74) is 2.39. The Bertz CT molecular complexity index is 943. The second-order valence-corrected chi connectivity index (χ2v) is 6.19. The third-order valence-corrected chi connectivity index (χ3v) is 4.79. The van der Waals surface area contributed by atoms with Crippen LogP contribution in [0.3, 0.4) is 0 Å². The van der Waals surface area contributed by atoms with Crippen molar-refractivity contribution in [1.29, 1.82) is 0 Å². The van der Waals surface area contributed by atoms with Crippen molar-refractivity contribution >= 4 is 40.6 Å². The lowest BCUT2D eigenvalue weighted by atomic mass is 10.2. The molecule has 0 radical (unpaired) electrons. The Morgan fingerprint density at radius 3 is 2.59 bits per heavy atom. The lowest BCUT2D eigenvalue weighted by Gasteiger charge is -2.09. The van der Waals surface area contributed by atoms with E-state index in [0.29, 0.717) is 22.4 Å². The highest BCUT2D eigenvalue weighted by Crippen LogP contribution is 2.27. The van der Waals surface area contributed by atoms with Crippen LogP contribution in [0.2, 0.25) is 15.2 Å². The summed E-state index contributed by atoms with van der Waals surface area (Å²) >= 11 is 18.2. The van der Waals surface area contributed by atoms with Gasteiger partial charge in [-0.1, -0.05) is 46.9 Å². The fraction of sp³-hybridized carbons (Fsp3) is 0.200. The Morgan fingerprint density at radius 2 is 1.86 bits per heavy atom. The first-order valence-electron chi connectivity index (χ1n) is 6.58. The Hall–Kier alpha value is -1.49. The molecule has 114 valence electrons. The molecule has 0 N–H and O–H groups in total. The molecule has 2 aromatic heterocycles. The van der Waals surface area contributed by atoms with Crippen molar-refractivity contribution in [1.82, 2.24) is 14.0 Å². The maximum Gasteiger partial charge on any atom is 0.260 e. The van der Waals surface area contributed by atoms with Crippen LogP contribution < -0.4 is 5.56 Å². The molecule has 0 aliphatic heterocycles. The minimum absolute atomic E-state index is 0.168. The van der Waals surface area contributed by atoms with Crippen LogP contribution in [0.15, 0.2) is 29.1 Å². The van der Waals surface area contributed by atoms with E-state index in [4.69, 9.17) is 34.8 Å². The number of fused-ring (bicyclic) bond motifs is 1. The summed E-state index contributed by atoms with van der Waals surface area (Å²) in [5.74, 6) is 0.489. The average Bonchev–Trinajstić information content (AvgIpc) is 2.68. The first kappa shape index (κ1) is 15.4. The summed E-state index contributed by atoms with van der Waals surface area (Å²) < 4.78 is 3.44. The van der Waals surface area contributed by atoms with Gasteiger partial charge in [0.1, 0.15) is 5.15 Å². The van der Waals surface area contributed by atoms with Crippen LogP contribution in [-0.2, 0) is 6.54 Å². The van der Waals surface area contributed by atoms with Crippen LogP contribution in [0.5, 0.6) is 0 Å². The monoisotopic (exact) mass is 355 g/mol. The number of aromatic nitrogens is 3. The highest BCUT2D eigenvalue weighted by atomic mass is 35.5. The smallest absolute Gasteiger partial charge is 0.260 e. The van der Waals surface area contributed by atoms with Crippen LogP contribution in [-0.4, -0.2) is 14.0 Å². The number of aryl methyl sites for hydroxylation is 1. The van der Waals surface area contributed by atoms with E-state index in [1.165, 1.54) is 6.07 Å². The molecule has 7 heteroatoms. The van der Waals surface area contributed by atoms with Crippen molar-refractivity contribution in [3.63, 3.8) is 0 Å². The van der Waals surface area contributed by atoms with E-state index in [1.54, 1.807) is 10.5 Å². The van der Waals surface area contributed by atoms with Crippen LogP contribution >= 0.6 is 34.8 Å². The SMILES string of the molecule is Cc1c(C)n2c(=O)cc(Cl)nc2n1Cc1cccc(Cl)c1Cl. The average molecular weight is 357 g/mol. The zero-order chi connectivity index (χ0) is 16.0. The van der Waals surface area contributed by atoms with Gasteiger partial charge in [-0.15, -0.1) is 0 Å². The van der Waals surface area contributed by atoms with Gasteiger partial charge in [0.25, 0.3) is 5.56 Å². The summed E-state index contributed by atoms with van der Waals surface area (Å²) in [6.45, 7) is 4.25. The number of rotatable bonds is 2. The second kappa shape index (κ2) is 5.61. The Labute approximate surface area is 141 Å². The summed E-state index contributed by atoms with van der Waals surface area (Å²) in [7, 11) is 0. The Kier molecular flexibility index (Phi) is 3.93. The minimum atomic E-state index is -0.202. The molecule has 0 bridgehead atoms. The van der Waals surface area contributed by atoms with Crippen LogP contribution in [0.4, 0.5) is 0 Å². The van der Waals surface area contributed by atoms with Gasteiger partial charge in [-0.25, -0.2) is 9.38 Å². The van der Waals surface area contributed by atoms with Crippen molar-refractivity contribution in [3.8, 4) is 0 Å². The van der Waals surface area contributed by atoms with Gasteiger partial charge < -0.3 is 4.57 Å². The molecule has 3 aromatic rings. The predicted molar refractivity (Wildman–Crippen MR) is 89.5 cm³/mol. The van der Waals surface area contributed by atoms with Crippen molar-refractivity contribution in [2.75, 3.05) is 0 Å². The number of imidazole rings is 1. The van der Waals surface area contributed by atoms with Gasteiger partial charge in [0, 0.05) is 17.5 Å². The fourth-order valence-corrected chi connectivity index (χ4v) is 3.03. The van der Waals surface area contributed by atoms with Crippen LogP contribution in [0.1, 0.15) is 17.0 Å². The summed E-state index contributed by atoms with van der Waals surface area (Å²) in [4.78, 5) is 16.4. The quantitative estimate of drug-likeness (QED) is 0.648. The molecule has 22 heavy (non-hydrogen) atoms. The maximum atomic E-state index is 12.1. The highest BCUT2D eigenvalue weighted by molar-refractivity contribution is 6.42. The standard InChI is InChI=1S/C15H12Cl3N3O/c1-8-9(2)21-13(22)6-12(17)19-15(21)20(8)7-10-4-3-5-11(16)14(10)18/h3-6H,7H2,1-2H3. The predicted octanol–water partition coefficient (Wildman–Crippen LogP) is 4.12. The van der Waals surface area contributed by atoms with Crippen molar-refractivity contribution < 1.29 is 0 Å². The van der Waals surface area contributed by atoms with Crippen molar-refractivity contribution in [2.24, 2.45) is 0 Å². The number of hydrogen-bond donors (Lipinski definition) is 0. The molecular weight excluding hydrogens is 345 g/mol. The molecule has 3 rings (SSSR count). The van der Waals surface area contributed by atoms with Crippen molar-refractivity contribution in [3.05, 3.63) is 66.8 Å². The molecule has 0 amide bonds. The molecule has 0 spiro atoms. The summed E-state index contributed by atoms with van der Waals surface area (Å²) in [5, 5.41) is 1.16. The molecule has 0 saturated heterocycles. The van der Waals surface area contributed by atoms with Gasteiger partial charge in [-0.2, -0.15) is 0 Å². The fourth-order valence-electron chi connectivity index (χ4n) is 2.48. The molecule has 0 aliphatic carbocycles. The van der Waals surface area contributed by atoms with Gasteiger partial charge in [-0.05, 0) is 25.5 Å². The first-order valence-corrected chi connectivity index (χ1v) is 7.71. The van der Waals surface area contributed by atoms with E-state index in [-0.39, 0.29) is 10.7 Å². The van der Waals surface area contributed by atoms with Crippen LogP contribution in [0.25, 0.3) is 5.78 Å². The van der Waals surface area contributed by atoms with Gasteiger partial charge in [0.15, 0.2) is 0 Å². The molecule has 1 aromatic carbocycles. The normalized spacial score (nSPS) is 11.3. The Balaban J connectivity index is 2.25. The zero-order valence-corrected chi connectivity index (χ0v) is 14.2. The Morgan fingerprint density at radius 1 is 1.14 bits per heavy atom. The molecule has 0 atom stereocenters.